The highest BCUT2D eigenvalue weighted by Crippen LogP contribution is 2.11. The molecule has 0 fully saturated rings. The van der Waals surface area contributed by atoms with E-state index in [4.69, 9.17) is 9.47 Å². The van der Waals surface area contributed by atoms with Crippen LogP contribution < -0.4 is 4.74 Å². The van der Waals surface area contributed by atoms with Crippen molar-refractivity contribution in [2.75, 3.05) is 40.5 Å². The molecule has 1 aromatic rings. The van der Waals surface area contributed by atoms with Gasteiger partial charge in [-0.05, 0) is 37.7 Å². The molecule has 0 atom stereocenters. The highest BCUT2D eigenvalue weighted by molar-refractivity contribution is 5.27. The average Bonchev–Trinajstić information content (AvgIpc) is 2.38. The van der Waals surface area contributed by atoms with E-state index in [1.807, 2.05) is 12.1 Å². The summed E-state index contributed by atoms with van der Waals surface area (Å²) in [6, 6.07) is 8.14. The van der Waals surface area contributed by atoms with Gasteiger partial charge in [0.1, 0.15) is 5.75 Å². The fourth-order valence-electron chi connectivity index (χ4n) is 1.46. The Morgan fingerprint density at radius 2 is 1.82 bits per heavy atom. The molecule has 0 amide bonds. The maximum Gasteiger partial charge on any atom is 0.118 e. The van der Waals surface area contributed by atoms with Crippen molar-refractivity contribution in [3.63, 3.8) is 0 Å². The lowest BCUT2D eigenvalue weighted by Crippen LogP contribution is -2.22. The summed E-state index contributed by atoms with van der Waals surface area (Å²) >= 11 is 0. The van der Waals surface area contributed by atoms with Gasteiger partial charge in [0.25, 0.3) is 0 Å². The molecule has 0 aromatic heterocycles. The summed E-state index contributed by atoms with van der Waals surface area (Å²) in [4.78, 5) is 2.24. The van der Waals surface area contributed by atoms with Crippen LogP contribution in [0.5, 0.6) is 5.75 Å². The molecule has 3 nitrogen and oxygen atoms in total. The van der Waals surface area contributed by atoms with E-state index in [0.717, 1.165) is 38.5 Å². The van der Waals surface area contributed by atoms with Crippen LogP contribution in [-0.2, 0) is 11.2 Å². The van der Waals surface area contributed by atoms with Crippen LogP contribution in [0.1, 0.15) is 12.5 Å². The van der Waals surface area contributed by atoms with E-state index in [0.29, 0.717) is 0 Å². The predicted molar refractivity (Wildman–Crippen MR) is 70.7 cm³/mol. The Labute approximate surface area is 104 Å². The zero-order valence-corrected chi connectivity index (χ0v) is 11.1. The van der Waals surface area contributed by atoms with Crippen LogP contribution in [0.3, 0.4) is 0 Å². The summed E-state index contributed by atoms with van der Waals surface area (Å²) in [6.45, 7) is 5.81. The lowest BCUT2D eigenvalue weighted by Gasteiger charge is -2.13. The van der Waals surface area contributed by atoms with E-state index >= 15 is 0 Å². The Morgan fingerprint density at radius 1 is 1.12 bits per heavy atom. The molecule has 0 aliphatic carbocycles. The van der Waals surface area contributed by atoms with Gasteiger partial charge in [-0.25, -0.2) is 0 Å². The van der Waals surface area contributed by atoms with Crippen molar-refractivity contribution in [1.82, 2.24) is 4.90 Å². The number of methoxy groups -OCH3 is 1. The Balaban J connectivity index is 2.13. The predicted octanol–water partition coefficient (Wildman–Crippen LogP) is 2.21. The molecule has 0 heterocycles. The number of likely N-dealkylation sites (N-methyl/N-ethyl adjacent to an activating group) is 1. The molecule has 0 saturated heterocycles. The van der Waals surface area contributed by atoms with Gasteiger partial charge in [-0.1, -0.05) is 19.1 Å². The molecular formula is C14H23NO2. The molecule has 17 heavy (non-hydrogen) atoms. The molecule has 0 unspecified atom stereocenters. The van der Waals surface area contributed by atoms with E-state index in [9.17, 15) is 0 Å². The summed E-state index contributed by atoms with van der Waals surface area (Å²) in [6.07, 6.45) is 0.958. The van der Waals surface area contributed by atoms with Crippen molar-refractivity contribution in [1.29, 1.82) is 0 Å². The number of nitrogens with zero attached hydrogens (tertiary/aromatic N) is 1. The quantitative estimate of drug-likeness (QED) is 0.647. The minimum atomic E-state index is 0.782. The summed E-state index contributed by atoms with van der Waals surface area (Å²) in [5, 5.41) is 0. The van der Waals surface area contributed by atoms with E-state index in [2.05, 4.69) is 31.0 Å². The smallest absolute Gasteiger partial charge is 0.118 e. The van der Waals surface area contributed by atoms with Crippen molar-refractivity contribution >= 4 is 0 Å². The molecule has 0 radical (unpaired) electrons. The Morgan fingerprint density at radius 3 is 2.41 bits per heavy atom. The van der Waals surface area contributed by atoms with Crippen LogP contribution in [0.2, 0.25) is 0 Å². The van der Waals surface area contributed by atoms with Crippen LogP contribution in [0.25, 0.3) is 0 Å². The maximum absolute atomic E-state index is 5.59. The maximum atomic E-state index is 5.59. The second kappa shape index (κ2) is 8.09. The first-order valence-electron chi connectivity index (χ1n) is 6.15. The zero-order chi connectivity index (χ0) is 12.5. The largest absolute Gasteiger partial charge is 0.497 e. The highest BCUT2D eigenvalue weighted by Gasteiger charge is 1.96. The van der Waals surface area contributed by atoms with Crippen molar-refractivity contribution in [2.45, 2.75) is 13.3 Å². The molecule has 0 N–H and O–H groups in total. The first-order valence-corrected chi connectivity index (χ1v) is 6.15. The van der Waals surface area contributed by atoms with E-state index < -0.39 is 0 Å². The monoisotopic (exact) mass is 237 g/mol. The van der Waals surface area contributed by atoms with Crippen molar-refractivity contribution in [3.8, 4) is 5.75 Å². The second-order valence-electron chi connectivity index (χ2n) is 4.11. The lowest BCUT2D eigenvalue weighted by molar-refractivity contribution is 0.115. The van der Waals surface area contributed by atoms with Gasteiger partial charge >= 0.3 is 0 Å². The number of hydrogen-bond donors (Lipinski definition) is 0. The molecule has 0 spiro atoms. The summed E-state index contributed by atoms with van der Waals surface area (Å²) in [5.41, 5.74) is 1.29. The standard InChI is InChI=1S/C14H23NO2/c1-4-15(2)10-12-17-11-9-13-5-7-14(16-3)8-6-13/h5-8H,4,9-12H2,1-3H3. The summed E-state index contributed by atoms with van der Waals surface area (Å²) in [5.74, 6) is 0.902. The second-order valence-corrected chi connectivity index (χ2v) is 4.11. The Hall–Kier alpha value is -1.06. The minimum absolute atomic E-state index is 0.782. The van der Waals surface area contributed by atoms with Crippen molar-refractivity contribution in [3.05, 3.63) is 29.8 Å². The van der Waals surface area contributed by atoms with Crippen molar-refractivity contribution in [2.24, 2.45) is 0 Å². The Bertz CT molecular complexity index is 298. The fraction of sp³-hybridized carbons (Fsp3) is 0.571. The van der Waals surface area contributed by atoms with E-state index in [1.54, 1.807) is 7.11 Å². The van der Waals surface area contributed by atoms with Gasteiger partial charge in [-0.2, -0.15) is 0 Å². The van der Waals surface area contributed by atoms with Gasteiger partial charge in [0.05, 0.1) is 20.3 Å². The topological polar surface area (TPSA) is 21.7 Å². The molecule has 0 saturated carbocycles. The van der Waals surface area contributed by atoms with E-state index in [-0.39, 0.29) is 0 Å². The SMILES string of the molecule is CCN(C)CCOCCc1ccc(OC)cc1. The Kier molecular flexibility index (Phi) is 6.67. The van der Waals surface area contributed by atoms with Gasteiger partial charge in [0, 0.05) is 6.54 Å². The van der Waals surface area contributed by atoms with Crippen LogP contribution in [0.15, 0.2) is 24.3 Å². The van der Waals surface area contributed by atoms with Gasteiger partial charge < -0.3 is 14.4 Å². The van der Waals surface area contributed by atoms with Gasteiger partial charge in [0.15, 0.2) is 0 Å². The molecule has 96 valence electrons. The molecule has 0 aliphatic rings. The van der Waals surface area contributed by atoms with Crippen molar-refractivity contribution < 1.29 is 9.47 Å². The third-order valence-electron chi connectivity index (χ3n) is 2.85. The van der Waals surface area contributed by atoms with Crippen LogP contribution in [-0.4, -0.2) is 45.4 Å². The van der Waals surface area contributed by atoms with Crippen LogP contribution in [0.4, 0.5) is 0 Å². The molecular weight excluding hydrogens is 214 g/mol. The summed E-state index contributed by atoms with van der Waals surface area (Å²) in [7, 11) is 3.79. The van der Waals surface area contributed by atoms with Gasteiger partial charge in [0.2, 0.25) is 0 Å². The highest BCUT2D eigenvalue weighted by atomic mass is 16.5. The molecule has 1 rings (SSSR count). The first-order chi connectivity index (χ1) is 8.26. The first kappa shape index (κ1) is 14.0. The molecule has 1 aromatic carbocycles. The zero-order valence-electron chi connectivity index (χ0n) is 11.1. The molecule has 3 heteroatoms. The number of ether oxygens (including phenoxy) is 2. The van der Waals surface area contributed by atoms with Gasteiger partial charge in [-0.15, -0.1) is 0 Å². The third kappa shape index (κ3) is 5.71. The minimum Gasteiger partial charge on any atom is -0.497 e. The van der Waals surface area contributed by atoms with Crippen LogP contribution >= 0.6 is 0 Å². The number of hydrogen-bond acceptors (Lipinski definition) is 3. The van der Waals surface area contributed by atoms with E-state index in [1.165, 1.54) is 5.56 Å². The fourth-order valence-corrected chi connectivity index (χ4v) is 1.46. The van der Waals surface area contributed by atoms with Crippen LogP contribution in [0, 0.1) is 0 Å². The lowest BCUT2D eigenvalue weighted by atomic mass is 10.1. The summed E-state index contributed by atoms with van der Waals surface area (Å²) < 4.78 is 10.7. The normalized spacial score (nSPS) is 10.8. The molecule has 0 aliphatic heterocycles. The number of rotatable bonds is 8. The van der Waals surface area contributed by atoms with Gasteiger partial charge in [-0.3, -0.25) is 0 Å². The average molecular weight is 237 g/mol. The third-order valence-corrected chi connectivity index (χ3v) is 2.85. The number of benzene rings is 1. The molecule has 0 bridgehead atoms.